The Kier molecular flexibility index (Phi) is 8.68. The van der Waals surface area contributed by atoms with Crippen LogP contribution in [-0.4, -0.2) is 29.7 Å². The van der Waals surface area contributed by atoms with Crippen molar-refractivity contribution in [3.8, 4) is 16.9 Å². The van der Waals surface area contributed by atoms with E-state index < -0.39 is 17.8 Å². The maximum Gasteiger partial charge on any atom is 0.307 e. The topological polar surface area (TPSA) is 84.9 Å². The summed E-state index contributed by atoms with van der Waals surface area (Å²) < 4.78 is 12.2. The molecular weight excluding hydrogens is 454 g/mol. The zero-order valence-corrected chi connectivity index (χ0v) is 21.7. The van der Waals surface area contributed by atoms with Gasteiger partial charge < -0.3 is 19.9 Å². The van der Waals surface area contributed by atoms with Crippen LogP contribution in [0.15, 0.2) is 36.4 Å². The van der Waals surface area contributed by atoms with Gasteiger partial charge in [0.05, 0.1) is 31.2 Å². The molecule has 194 valence electrons. The molecule has 2 saturated carbocycles. The first-order valence-electron chi connectivity index (χ1n) is 13.4. The van der Waals surface area contributed by atoms with Crippen LogP contribution in [-0.2, 0) is 20.9 Å². The number of aliphatic carboxylic acids is 1. The summed E-state index contributed by atoms with van der Waals surface area (Å²) in [7, 11) is 0. The molecule has 4 unspecified atom stereocenters. The fraction of sp³-hybridized carbons (Fsp3) is 0.533. The van der Waals surface area contributed by atoms with E-state index in [0.29, 0.717) is 37.7 Å². The molecule has 0 radical (unpaired) electrons. The van der Waals surface area contributed by atoms with Gasteiger partial charge in [-0.1, -0.05) is 38.0 Å². The molecule has 1 amide bonds. The number of hydrogen-bond donors (Lipinski definition) is 2. The van der Waals surface area contributed by atoms with Gasteiger partial charge in [-0.15, -0.1) is 0 Å². The first kappa shape index (κ1) is 26.2. The van der Waals surface area contributed by atoms with E-state index in [9.17, 15) is 14.7 Å². The van der Waals surface area contributed by atoms with Crippen molar-refractivity contribution in [2.45, 2.75) is 78.4 Å². The van der Waals surface area contributed by atoms with Crippen LogP contribution >= 0.6 is 0 Å². The van der Waals surface area contributed by atoms with Gasteiger partial charge in [0.2, 0.25) is 5.91 Å². The minimum Gasteiger partial charge on any atom is -0.494 e. The summed E-state index contributed by atoms with van der Waals surface area (Å²) in [6.07, 6.45) is 6.50. The first-order valence-corrected chi connectivity index (χ1v) is 13.4. The third-order valence-electron chi connectivity index (χ3n) is 7.79. The second kappa shape index (κ2) is 11.9. The predicted molar refractivity (Wildman–Crippen MR) is 141 cm³/mol. The molecule has 2 aliphatic rings. The summed E-state index contributed by atoms with van der Waals surface area (Å²) in [5.74, 6) is -0.658. The van der Waals surface area contributed by atoms with Crippen molar-refractivity contribution in [3.63, 3.8) is 0 Å². The van der Waals surface area contributed by atoms with E-state index in [1.165, 1.54) is 6.42 Å². The lowest BCUT2D eigenvalue weighted by Gasteiger charge is -2.27. The minimum absolute atomic E-state index is 0.208. The maximum atomic E-state index is 13.1. The molecule has 2 aromatic carbocycles. The predicted octanol–water partition coefficient (Wildman–Crippen LogP) is 6.60. The van der Waals surface area contributed by atoms with Crippen molar-refractivity contribution >= 4 is 17.6 Å². The highest BCUT2D eigenvalue weighted by Crippen LogP contribution is 2.36. The molecule has 4 rings (SSSR count). The summed E-state index contributed by atoms with van der Waals surface area (Å²) in [6, 6.07) is 12.0. The second-order valence-corrected chi connectivity index (χ2v) is 10.4. The average Bonchev–Trinajstić information content (AvgIpc) is 3.29. The molecular formula is C30H39NO5. The van der Waals surface area contributed by atoms with Gasteiger partial charge >= 0.3 is 5.97 Å². The molecule has 0 aliphatic heterocycles. The van der Waals surface area contributed by atoms with Gasteiger partial charge in [0, 0.05) is 5.69 Å². The maximum absolute atomic E-state index is 13.1. The summed E-state index contributed by atoms with van der Waals surface area (Å²) in [6.45, 7) is 7.36. The summed E-state index contributed by atoms with van der Waals surface area (Å²) in [4.78, 5) is 24.8. The van der Waals surface area contributed by atoms with Crippen LogP contribution in [0.2, 0.25) is 0 Å². The van der Waals surface area contributed by atoms with E-state index >= 15 is 0 Å². The van der Waals surface area contributed by atoms with E-state index in [2.05, 4.69) is 25.2 Å². The van der Waals surface area contributed by atoms with Crippen molar-refractivity contribution in [1.82, 2.24) is 0 Å². The quantitative estimate of drug-likeness (QED) is 0.411. The lowest BCUT2D eigenvalue weighted by Crippen LogP contribution is -2.36. The number of carbonyl (C=O) groups excluding carboxylic acids is 1. The van der Waals surface area contributed by atoms with Crippen molar-refractivity contribution in [1.29, 1.82) is 0 Å². The molecule has 6 nitrogen and oxygen atoms in total. The number of amides is 1. The Balaban J connectivity index is 1.61. The number of ether oxygens (including phenoxy) is 2. The van der Waals surface area contributed by atoms with Crippen LogP contribution < -0.4 is 10.1 Å². The van der Waals surface area contributed by atoms with Crippen molar-refractivity contribution in [3.05, 3.63) is 47.5 Å². The number of hydrogen-bond acceptors (Lipinski definition) is 4. The number of carbonyl (C=O) groups is 2. The minimum atomic E-state index is -0.880. The number of benzene rings is 2. The molecule has 2 fully saturated rings. The van der Waals surface area contributed by atoms with E-state index in [0.717, 1.165) is 53.7 Å². The number of carboxylic acids is 1. The van der Waals surface area contributed by atoms with Crippen LogP contribution in [0.5, 0.6) is 5.75 Å². The van der Waals surface area contributed by atoms with E-state index in [4.69, 9.17) is 9.47 Å². The zero-order valence-electron chi connectivity index (χ0n) is 21.7. The lowest BCUT2D eigenvalue weighted by molar-refractivity contribution is -0.147. The first-order chi connectivity index (χ1) is 17.4. The molecule has 0 bridgehead atoms. The third-order valence-corrected chi connectivity index (χ3v) is 7.79. The number of nitrogens with one attached hydrogen (secondary N) is 1. The van der Waals surface area contributed by atoms with Crippen LogP contribution in [0.1, 0.15) is 69.9 Å². The van der Waals surface area contributed by atoms with Gasteiger partial charge in [0.15, 0.2) is 0 Å². The van der Waals surface area contributed by atoms with E-state index in [1.54, 1.807) is 0 Å². The molecule has 36 heavy (non-hydrogen) atoms. The van der Waals surface area contributed by atoms with Crippen LogP contribution in [0.25, 0.3) is 11.1 Å². The molecule has 0 spiro atoms. The third kappa shape index (κ3) is 6.09. The Morgan fingerprint density at radius 1 is 1.03 bits per heavy atom. The summed E-state index contributed by atoms with van der Waals surface area (Å²) in [5, 5.41) is 12.6. The van der Waals surface area contributed by atoms with Gasteiger partial charge in [-0.2, -0.15) is 0 Å². The largest absolute Gasteiger partial charge is 0.494 e. The molecule has 2 aliphatic carbocycles. The fourth-order valence-corrected chi connectivity index (χ4v) is 5.76. The highest BCUT2D eigenvalue weighted by molar-refractivity contribution is 5.95. The van der Waals surface area contributed by atoms with Crippen LogP contribution in [0.4, 0.5) is 5.69 Å². The molecule has 0 aromatic heterocycles. The van der Waals surface area contributed by atoms with Crippen molar-refractivity contribution in [2.75, 3.05) is 11.9 Å². The summed E-state index contributed by atoms with van der Waals surface area (Å²) >= 11 is 0. The Labute approximate surface area is 214 Å². The lowest BCUT2D eigenvalue weighted by atomic mass is 9.78. The molecule has 2 N–H and O–H groups in total. The molecule has 0 heterocycles. The SMILES string of the molecule is CCOc1cccc(-c2ccc(NC(=O)C3CCCCC3C(=O)O)cc2COC2CCC(C)C2)c1C. The van der Waals surface area contributed by atoms with Gasteiger partial charge in [-0.05, 0) is 92.3 Å². The molecule has 0 saturated heterocycles. The van der Waals surface area contributed by atoms with E-state index in [-0.39, 0.29) is 12.0 Å². The van der Waals surface area contributed by atoms with Gasteiger partial charge in [-0.3, -0.25) is 9.59 Å². The standard InChI is InChI=1S/C30H39NO5/c1-4-35-28-11-7-10-24(20(28)3)25-15-13-22(17-21(25)18-36-23-14-12-19(2)16-23)31-29(32)26-8-5-6-9-27(26)30(33)34/h7,10-11,13,15,17,19,23,26-27H,4-6,8-9,12,14,16,18H2,1-3H3,(H,31,32)(H,33,34). The number of anilines is 1. The molecule has 2 aromatic rings. The monoisotopic (exact) mass is 493 g/mol. The molecule has 6 heteroatoms. The Hall–Kier alpha value is -2.86. The molecule has 4 atom stereocenters. The van der Waals surface area contributed by atoms with Crippen LogP contribution in [0, 0.1) is 24.7 Å². The highest BCUT2D eigenvalue weighted by atomic mass is 16.5. The Morgan fingerprint density at radius 2 is 1.81 bits per heavy atom. The zero-order chi connectivity index (χ0) is 25.7. The van der Waals surface area contributed by atoms with Gasteiger partial charge in [-0.25, -0.2) is 0 Å². The van der Waals surface area contributed by atoms with Crippen LogP contribution in [0.3, 0.4) is 0 Å². The van der Waals surface area contributed by atoms with Crippen molar-refractivity contribution in [2.24, 2.45) is 17.8 Å². The normalized spacial score (nSPS) is 23.9. The van der Waals surface area contributed by atoms with E-state index in [1.807, 2.05) is 37.3 Å². The number of carboxylic acid groups (broad SMARTS) is 1. The average molecular weight is 494 g/mol. The summed E-state index contributed by atoms with van der Waals surface area (Å²) in [5.41, 5.74) is 4.88. The van der Waals surface area contributed by atoms with Gasteiger partial charge in [0.25, 0.3) is 0 Å². The highest BCUT2D eigenvalue weighted by Gasteiger charge is 2.35. The fourth-order valence-electron chi connectivity index (χ4n) is 5.76. The van der Waals surface area contributed by atoms with Crippen molar-refractivity contribution < 1.29 is 24.2 Å². The Morgan fingerprint density at radius 3 is 2.50 bits per heavy atom. The van der Waals surface area contributed by atoms with Gasteiger partial charge in [0.1, 0.15) is 5.75 Å². The number of rotatable bonds is 9. The second-order valence-electron chi connectivity index (χ2n) is 10.4. The smallest absolute Gasteiger partial charge is 0.307 e. The Bertz CT molecular complexity index is 1080.